The minimum atomic E-state index is -0.361. The number of pyridine rings is 1. The molecule has 2 rings (SSSR count). The van der Waals surface area contributed by atoms with Crippen LogP contribution in [0.15, 0.2) is 36.5 Å². The van der Waals surface area contributed by atoms with Crippen molar-refractivity contribution >= 4 is 0 Å². The minimum Gasteiger partial charge on any atom is -0.311 e. The van der Waals surface area contributed by atoms with E-state index in [0.717, 1.165) is 16.8 Å². The van der Waals surface area contributed by atoms with Crippen molar-refractivity contribution in [1.29, 1.82) is 0 Å². The van der Waals surface area contributed by atoms with E-state index in [1.54, 1.807) is 12.1 Å². The summed E-state index contributed by atoms with van der Waals surface area (Å²) in [5, 5.41) is 3.13. The summed E-state index contributed by atoms with van der Waals surface area (Å²) in [6.45, 7) is 1.94. The predicted octanol–water partition coefficient (Wildman–Crippen LogP) is 3.17. The molecule has 0 radical (unpaired) electrons. The SMILES string of the molecule is CNC(Cc1cc(F)ccc1C)c1ccc(F)cn1. The van der Waals surface area contributed by atoms with Crippen molar-refractivity contribution in [2.75, 3.05) is 7.05 Å². The number of nitrogens with one attached hydrogen (secondary N) is 1. The zero-order valence-corrected chi connectivity index (χ0v) is 11.0. The van der Waals surface area contributed by atoms with Crippen LogP contribution in [0.4, 0.5) is 8.78 Å². The van der Waals surface area contributed by atoms with Gasteiger partial charge in [-0.3, -0.25) is 4.98 Å². The summed E-state index contributed by atoms with van der Waals surface area (Å²) < 4.78 is 26.1. The van der Waals surface area contributed by atoms with Crippen LogP contribution >= 0.6 is 0 Å². The highest BCUT2D eigenvalue weighted by Gasteiger charge is 2.13. The van der Waals surface area contributed by atoms with Gasteiger partial charge in [-0.1, -0.05) is 6.07 Å². The fourth-order valence-electron chi connectivity index (χ4n) is 2.03. The second-order valence-corrected chi connectivity index (χ2v) is 4.52. The molecule has 0 aliphatic carbocycles. The lowest BCUT2D eigenvalue weighted by Crippen LogP contribution is -2.20. The first-order valence-electron chi connectivity index (χ1n) is 6.14. The molecule has 0 spiro atoms. The standard InChI is InChI=1S/C15H16F2N2/c1-10-3-4-12(16)7-11(10)8-15(18-2)14-6-5-13(17)9-19-14/h3-7,9,15,18H,8H2,1-2H3. The number of rotatable bonds is 4. The number of hydrogen-bond acceptors (Lipinski definition) is 2. The molecule has 0 amide bonds. The third-order valence-electron chi connectivity index (χ3n) is 3.19. The van der Waals surface area contributed by atoms with Gasteiger partial charge in [0.25, 0.3) is 0 Å². The molecule has 0 fully saturated rings. The lowest BCUT2D eigenvalue weighted by molar-refractivity contribution is 0.560. The Bertz CT molecular complexity index is 553. The number of halogens is 2. The summed E-state index contributed by atoms with van der Waals surface area (Å²) in [5.41, 5.74) is 2.70. The molecule has 1 unspecified atom stereocenters. The van der Waals surface area contributed by atoms with E-state index in [9.17, 15) is 8.78 Å². The van der Waals surface area contributed by atoms with Gasteiger partial charge in [0.05, 0.1) is 17.9 Å². The molecule has 0 saturated heterocycles. The summed E-state index contributed by atoms with van der Waals surface area (Å²) in [6.07, 6.45) is 1.80. The van der Waals surface area contributed by atoms with E-state index < -0.39 is 0 Å². The van der Waals surface area contributed by atoms with E-state index in [2.05, 4.69) is 10.3 Å². The van der Waals surface area contributed by atoms with Crippen LogP contribution in [-0.2, 0) is 6.42 Å². The van der Waals surface area contributed by atoms with Gasteiger partial charge in [-0.25, -0.2) is 8.78 Å². The number of aromatic nitrogens is 1. The fourth-order valence-corrected chi connectivity index (χ4v) is 2.03. The number of aryl methyl sites for hydroxylation is 1. The molecule has 1 heterocycles. The Labute approximate surface area is 111 Å². The van der Waals surface area contributed by atoms with Crippen molar-refractivity contribution in [2.24, 2.45) is 0 Å². The number of hydrogen-bond donors (Lipinski definition) is 1. The molecule has 0 aliphatic heterocycles. The highest BCUT2D eigenvalue weighted by Crippen LogP contribution is 2.19. The van der Waals surface area contributed by atoms with Gasteiger partial charge in [0.2, 0.25) is 0 Å². The molecule has 19 heavy (non-hydrogen) atoms. The lowest BCUT2D eigenvalue weighted by Gasteiger charge is -2.17. The van der Waals surface area contributed by atoms with Gasteiger partial charge < -0.3 is 5.32 Å². The molecule has 0 saturated carbocycles. The van der Waals surface area contributed by atoms with Crippen LogP contribution in [0.5, 0.6) is 0 Å². The average molecular weight is 262 g/mol. The maximum atomic E-state index is 13.3. The van der Waals surface area contributed by atoms with Crippen molar-refractivity contribution in [3.05, 3.63) is 65.0 Å². The summed E-state index contributed by atoms with van der Waals surface area (Å²) in [5.74, 6) is -0.608. The number of likely N-dealkylation sites (N-methyl/N-ethyl adjacent to an activating group) is 1. The molecule has 2 aromatic rings. The van der Waals surface area contributed by atoms with Crippen LogP contribution in [0.25, 0.3) is 0 Å². The third kappa shape index (κ3) is 3.35. The molecule has 0 aliphatic rings. The summed E-state index contributed by atoms with van der Waals surface area (Å²) in [6, 6.07) is 7.69. The number of benzene rings is 1. The highest BCUT2D eigenvalue weighted by atomic mass is 19.1. The molecule has 2 nitrogen and oxygen atoms in total. The molecular weight excluding hydrogens is 246 g/mol. The predicted molar refractivity (Wildman–Crippen MR) is 70.8 cm³/mol. The molecule has 1 atom stereocenters. The van der Waals surface area contributed by atoms with Crippen molar-refractivity contribution in [3.63, 3.8) is 0 Å². The number of nitrogens with zero attached hydrogens (tertiary/aromatic N) is 1. The summed E-state index contributed by atoms with van der Waals surface area (Å²) in [7, 11) is 1.81. The van der Waals surface area contributed by atoms with Gasteiger partial charge in [0.15, 0.2) is 0 Å². The zero-order chi connectivity index (χ0) is 13.8. The lowest BCUT2D eigenvalue weighted by atomic mass is 9.99. The first kappa shape index (κ1) is 13.6. The second-order valence-electron chi connectivity index (χ2n) is 4.52. The summed E-state index contributed by atoms with van der Waals surface area (Å²) >= 11 is 0. The van der Waals surface area contributed by atoms with Crippen molar-refractivity contribution in [3.8, 4) is 0 Å². The van der Waals surface area contributed by atoms with Crippen LogP contribution in [0, 0.1) is 18.6 Å². The molecule has 1 aromatic carbocycles. The van der Waals surface area contributed by atoms with E-state index in [1.165, 1.54) is 24.4 Å². The smallest absolute Gasteiger partial charge is 0.141 e. The molecule has 1 aromatic heterocycles. The molecular formula is C15H16F2N2. The van der Waals surface area contributed by atoms with E-state index in [1.807, 2.05) is 14.0 Å². The van der Waals surface area contributed by atoms with E-state index in [4.69, 9.17) is 0 Å². The maximum Gasteiger partial charge on any atom is 0.141 e. The Hall–Kier alpha value is -1.81. The molecule has 4 heteroatoms. The van der Waals surface area contributed by atoms with Crippen LogP contribution in [0.3, 0.4) is 0 Å². The van der Waals surface area contributed by atoms with Gasteiger partial charge in [-0.2, -0.15) is 0 Å². The normalized spacial score (nSPS) is 12.4. The van der Waals surface area contributed by atoms with E-state index in [-0.39, 0.29) is 17.7 Å². The Morgan fingerprint density at radius 1 is 1.16 bits per heavy atom. The Kier molecular flexibility index (Phi) is 4.22. The van der Waals surface area contributed by atoms with Gasteiger partial charge in [0.1, 0.15) is 11.6 Å². The quantitative estimate of drug-likeness (QED) is 0.915. The summed E-state index contributed by atoms with van der Waals surface area (Å²) in [4.78, 5) is 4.07. The highest BCUT2D eigenvalue weighted by molar-refractivity contribution is 5.28. The van der Waals surface area contributed by atoms with Crippen molar-refractivity contribution in [2.45, 2.75) is 19.4 Å². The first-order valence-corrected chi connectivity index (χ1v) is 6.14. The van der Waals surface area contributed by atoms with Gasteiger partial charge >= 0.3 is 0 Å². The topological polar surface area (TPSA) is 24.9 Å². The Morgan fingerprint density at radius 2 is 1.89 bits per heavy atom. The van der Waals surface area contributed by atoms with Crippen LogP contribution in [0.1, 0.15) is 22.9 Å². The van der Waals surface area contributed by atoms with Gasteiger partial charge in [-0.15, -0.1) is 0 Å². The van der Waals surface area contributed by atoms with Gasteiger partial charge in [-0.05, 0) is 55.8 Å². The van der Waals surface area contributed by atoms with Crippen LogP contribution in [-0.4, -0.2) is 12.0 Å². The Balaban J connectivity index is 2.23. The molecule has 0 bridgehead atoms. The average Bonchev–Trinajstić information content (AvgIpc) is 2.41. The first-order chi connectivity index (χ1) is 9.10. The van der Waals surface area contributed by atoms with Crippen LogP contribution in [0.2, 0.25) is 0 Å². The third-order valence-corrected chi connectivity index (χ3v) is 3.19. The Morgan fingerprint density at radius 3 is 2.53 bits per heavy atom. The molecule has 100 valence electrons. The molecule has 1 N–H and O–H groups in total. The van der Waals surface area contributed by atoms with E-state index in [0.29, 0.717) is 6.42 Å². The second kappa shape index (κ2) is 5.89. The minimum absolute atomic E-state index is 0.0684. The van der Waals surface area contributed by atoms with Crippen LogP contribution < -0.4 is 5.32 Å². The monoisotopic (exact) mass is 262 g/mol. The maximum absolute atomic E-state index is 13.3. The largest absolute Gasteiger partial charge is 0.311 e. The van der Waals surface area contributed by atoms with Gasteiger partial charge in [0, 0.05) is 0 Å². The van der Waals surface area contributed by atoms with E-state index >= 15 is 0 Å². The zero-order valence-electron chi connectivity index (χ0n) is 11.0. The van der Waals surface area contributed by atoms with Crippen molar-refractivity contribution < 1.29 is 8.78 Å². The van der Waals surface area contributed by atoms with Crippen molar-refractivity contribution in [1.82, 2.24) is 10.3 Å². The fraction of sp³-hybridized carbons (Fsp3) is 0.267.